The molecule has 4 aromatic heterocycles. The summed E-state index contributed by atoms with van der Waals surface area (Å²) in [5, 5.41) is 12.6. The first-order valence-electron chi connectivity index (χ1n) is 21.4. The molecule has 0 amide bonds. The van der Waals surface area contributed by atoms with Crippen molar-refractivity contribution >= 4 is 98.0 Å². The summed E-state index contributed by atoms with van der Waals surface area (Å²) in [4.78, 5) is 10.9. The maximum atomic E-state index is 6.56. The molecule has 0 radical (unpaired) electrons. The minimum atomic E-state index is 0.621. The van der Waals surface area contributed by atoms with Gasteiger partial charge in [0.15, 0.2) is 0 Å². The Bertz CT molecular complexity index is 4210. The zero-order valence-corrected chi connectivity index (χ0v) is 33.8. The van der Waals surface area contributed by atoms with E-state index in [1.54, 1.807) is 0 Å². The average Bonchev–Trinajstić information content (AvgIpc) is 4.01. The summed E-state index contributed by atoms with van der Waals surface area (Å²) in [6.07, 6.45) is 0. The monoisotopic (exact) mass is 802 g/mol. The van der Waals surface area contributed by atoms with Crippen LogP contribution in [0.3, 0.4) is 0 Å². The Hall–Kier alpha value is -8.54. The second-order valence-electron chi connectivity index (χ2n) is 16.5. The molecule has 0 bridgehead atoms. The third-order valence-electron chi connectivity index (χ3n) is 13.1. The Kier molecular flexibility index (Phi) is 7.05. The minimum Gasteiger partial charge on any atom is -0.456 e. The molecule has 14 aromatic rings. The minimum absolute atomic E-state index is 0.621. The zero-order valence-electron chi connectivity index (χ0n) is 33.8. The van der Waals surface area contributed by atoms with Crippen LogP contribution in [0.4, 0.5) is 0 Å². The van der Waals surface area contributed by atoms with E-state index in [0.717, 1.165) is 82.5 Å². The third kappa shape index (κ3) is 4.93. The summed E-state index contributed by atoms with van der Waals surface area (Å²) in [7, 11) is 0. The van der Waals surface area contributed by atoms with Crippen molar-refractivity contribution < 1.29 is 4.42 Å². The van der Waals surface area contributed by atoms with Crippen LogP contribution in [0.2, 0.25) is 0 Å². The van der Waals surface area contributed by atoms with Crippen molar-refractivity contribution in [2.75, 3.05) is 0 Å². The molecule has 10 aromatic carbocycles. The smallest absolute Gasteiger partial charge is 0.235 e. The lowest BCUT2D eigenvalue weighted by atomic mass is 9.96. The lowest BCUT2D eigenvalue weighted by molar-refractivity contribution is 0.669. The molecule has 0 aliphatic carbocycles. The van der Waals surface area contributed by atoms with E-state index in [4.69, 9.17) is 14.4 Å². The van der Waals surface area contributed by atoms with Gasteiger partial charge in [-0.1, -0.05) is 140 Å². The molecule has 4 heterocycles. The van der Waals surface area contributed by atoms with Gasteiger partial charge in [0.2, 0.25) is 5.95 Å². The number of aromatic nitrogens is 4. The number of benzene rings is 10. The van der Waals surface area contributed by atoms with Crippen LogP contribution in [0.5, 0.6) is 0 Å². The predicted octanol–water partition coefficient (Wildman–Crippen LogP) is 15.4. The first-order valence-corrected chi connectivity index (χ1v) is 21.4. The molecular weight excluding hydrogens is 769 g/mol. The van der Waals surface area contributed by atoms with Gasteiger partial charge in [0.05, 0.1) is 33.3 Å². The van der Waals surface area contributed by atoms with Gasteiger partial charge in [-0.05, 0) is 99.4 Å². The second-order valence-corrected chi connectivity index (χ2v) is 16.5. The Balaban J connectivity index is 1.02. The van der Waals surface area contributed by atoms with Crippen LogP contribution >= 0.6 is 0 Å². The van der Waals surface area contributed by atoms with E-state index in [0.29, 0.717) is 5.95 Å². The van der Waals surface area contributed by atoms with Crippen molar-refractivity contribution in [3.05, 3.63) is 206 Å². The van der Waals surface area contributed by atoms with Gasteiger partial charge in [0.25, 0.3) is 0 Å². The number of hydrogen-bond acceptors (Lipinski definition) is 3. The standard InChI is InChI=1S/C58H34N4O/c1-2-15-38(16-3-1)61-49-24-12-9-19-41(49)45-32-36(27-29-50(45)61)37-28-30-51-47(33-37)55-39-17-5-4-14-35(39)26-31-52(55)62(51)58-59-48-23-11-8-21-43(48)57(60-58)46-34-54-56(42-20-7-6-18-40(42)46)44-22-10-13-25-53(44)63-54/h1-34H. The fraction of sp³-hybridized carbons (Fsp3) is 0. The SMILES string of the molecule is c1ccc(-n2c3ccccc3c3cc(-c4ccc5c(c4)c4c6ccccc6ccc4n5-c4nc(-c5cc6oc7ccccc7c6c6ccccc56)c5ccccc5n4)ccc32)cc1. The van der Waals surface area contributed by atoms with Crippen molar-refractivity contribution in [2.45, 2.75) is 0 Å². The van der Waals surface area contributed by atoms with Gasteiger partial charge in [0, 0.05) is 49.0 Å². The highest BCUT2D eigenvalue weighted by atomic mass is 16.3. The summed E-state index contributed by atoms with van der Waals surface area (Å²) >= 11 is 0. The molecule has 63 heavy (non-hydrogen) atoms. The molecular formula is C58H34N4O. The van der Waals surface area contributed by atoms with Crippen LogP contribution in [0, 0.1) is 0 Å². The van der Waals surface area contributed by atoms with Gasteiger partial charge in [0.1, 0.15) is 11.2 Å². The Morgan fingerprint density at radius 1 is 0.349 bits per heavy atom. The lowest BCUT2D eigenvalue weighted by Gasteiger charge is -2.14. The summed E-state index contributed by atoms with van der Waals surface area (Å²) in [5.74, 6) is 0.621. The molecule has 0 atom stereocenters. The van der Waals surface area contributed by atoms with Crippen molar-refractivity contribution in [3.8, 4) is 34.0 Å². The van der Waals surface area contributed by atoms with Crippen LogP contribution in [-0.2, 0) is 0 Å². The van der Waals surface area contributed by atoms with E-state index >= 15 is 0 Å². The molecule has 0 spiro atoms. The topological polar surface area (TPSA) is 48.8 Å². The fourth-order valence-electron chi connectivity index (χ4n) is 10.3. The molecule has 5 nitrogen and oxygen atoms in total. The van der Waals surface area contributed by atoms with Gasteiger partial charge in [-0.2, -0.15) is 0 Å². The van der Waals surface area contributed by atoms with Crippen molar-refractivity contribution in [1.29, 1.82) is 0 Å². The van der Waals surface area contributed by atoms with E-state index in [1.165, 1.54) is 43.5 Å². The van der Waals surface area contributed by atoms with Gasteiger partial charge < -0.3 is 8.98 Å². The number of furan rings is 1. The quantitative estimate of drug-likeness (QED) is 0.178. The Morgan fingerprint density at radius 2 is 0.968 bits per heavy atom. The highest BCUT2D eigenvalue weighted by Crippen LogP contribution is 2.44. The number of nitrogens with zero attached hydrogens (tertiary/aromatic N) is 4. The first kappa shape index (κ1) is 34.2. The molecule has 0 aliphatic rings. The summed E-state index contributed by atoms with van der Waals surface area (Å²) < 4.78 is 11.2. The van der Waals surface area contributed by atoms with E-state index < -0.39 is 0 Å². The highest BCUT2D eigenvalue weighted by Gasteiger charge is 2.22. The molecule has 0 N–H and O–H groups in total. The van der Waals surface area contributed by atoms with Crippen LogP contribution in [0.15, 0.2) is 211 Å². The molecule has 0 saturated carbocycles. The van der Waals surface area contributed by atoms with Crippen molar-refractivity contribution in [1.82, 2.24) is 19.1 Å². The second kappa shape index (κ2) is 13.0. The molecule has 14 rings (SSSR count). The van der Waals surface area contributed by atoms with Crippen LogP contribution < -0.4 is 0 Å². The maximum absolute atomic E-state index is 6.56. The van der Waals surface area contributed by atoms with Crippen LogP contribution in [-0.4, -0.2) is 19.1 Å². The largest absolute Gasteiger partial charge is 0.456 e. The first-order chi connectivity index (χ1) is 31.2. The molecule has 0 unspecified atom stereocenters. The normalized spacial score (nSPS) is 12.1. The lowest BCUT2D eigenvalue weighted by Crippen LogP contribution is -2.03. The number of hydrogen-bond donors (Lipinski definition) is 0. The molecule has 0 fully saturated rings. The highest BCUT2D eigenvalue weighted by molar-refractivity contribution is 6.24. The number of fused-ring (bicyclic) bond motifs is 14. The molecule has 5 heteroatoms. The van der Waals surface area contributed by atoms with Gasteiger partial charge in [-0.15, -0.1) is 0 Å². The Morgan fingerprint density at radius 3 is 1.81 bits per heavy atom. The zero-order chi connectivity index (χ0) is 41.2. The van der Waals surface area contributed by atoms with Crippen LogP contribution in [0.1, 0.15) is 0 Å². The van der Waals surface area contributed by atoms with E-state index in [-0.39, 0.29) is 0 Å². The summed E-state index contributed by atoms with van der Waals surface area (Å²) in [6.45, 7) is 0. The molecule has 0 aliphatic heterocycles. The average molecular weight is 803 g/mol. The predicted molar refractivity (Wildman–Crippen MR) is 261 cm³/mol. The molecule has 0 saturated heterocycles. The fourth-order valence-corrected chi connectivity index (χ4v) is 10.3. The van der Waals surface area contributed by atoms with Gasteiger partial charge in [-0.3, -0.25) is 4.57 Å². The summed E-state index contributed by atoms with van der Waals surface area (Å²) in [6, 6.07) is 73.7. The van der Waals surface area contributed by atoms with Crippen molar-refractivity contribution in [3.63, 3.8) is 0 Å². The van der Waals surface area contributed by atoms with Gasteiger partial charge in [-0.25, -0.2) is 9.97 Å². The van der Waals surface area contributed by atoms with E-state index in [9.17, 15) is 0 Å². The Labute approximate surface area is 360 Å². The number of rotatable bonds is 4. The number of para-hydroxylation sites is 4. The maximum Gasteiger partial charge on any atom is 0.235 e. The third-order valence-corrected chi connectivity index (χ3v) is 13.1. The van der Waals surface area contributed by atoms with Crippen LogP contribution in [0.25, 0.3) is 132 Å². The van der Waals surface area contributed by atoms with Crippen molar-refractivity contribution in [2.24, 2.45) is 0 Å². The van der Waals surface area contributed by atoms with Gasteiger partial charge >= 0.3 is 0 Å². The van der Waals surface area contributed by atoms with E-state index in [2.05, 4.69) is 203 Å². The summed E-state index contributed by atoms with van der Waals surface area (Å²) in [5.41, 5.74) is 12.4. The van der Waals surface area contributed by atoms with E-state index in [1.807, 2.05) is 12.1 Å². The molecule has 292 valence electrons.